The number of rotatable bonds is 8. The second-order valence-corrected chi connectivity index (χ2v) is 23.9. The van der Waals surface area contributed by atoms with Crippen molar-refractivity contribution in [1.29, 1.82) is 0 Å². The standard InChI is InChI=1S/C76H49N5O3.Pt/c1-76(2,3)49-37-38-77-74(41-49)81-66-26-11-6-21-56(66)57-34-33-53(45-69(57)81)82-52-18-16-17-50(42-52)78-46-79(68-28-13-12-27-67(68)78)75-60(47-31-35-72-62(39-47)58-22-7-14-29-70(58)83-72)43-51(80-64-24-9-4-19-54(64)55-20-5-10-25-65(55)80)44-61(75)48-32-36-73-63(40-48)59-23-8-15-30-71(59)84-73;/h4-41,43-44H,1-3H3;/q-2;. The average molecular weight is 1280 g/mol. The molecule has 9 heteroatoms. The molecule has 17 rings (SSSR count). The van der Waals surface area contributed by atoms with E-state index in [2.05, 4.69) is 265 Å². The molecule has 0 unspecified atom stereocenters. The summed E-state index contributed by atoms with van der Waals surface area (Å²) >= 11 is 2.52. The first kappa shape index (κ1) is 49.3. The first-order valence-electron chi connectivity index (χ1n) is 28.5. The molecule has 0 radical (unpaired) electrons. The second-order valence-electron chi connectivity index (χ2n) is 22.9. The third-order valence-electron chi connectivity index (χ3n) is 16.8. The number of ether oxygens (including phenoxy) is 1. The summed E-state index contributed by atoms with van der Waals surface area (Å²) in [5.74, 6) is 1.96. The van der Waals surface area contributed by atoms with Crippen molar-refractivity contribution in [2.24, 2.45) is 0 Å². The summed E-state index contributed by atoms with van der Waals surface area (Å²) in [5, 5.41) is 8.81. The van der Waals surface area contributed by atoms with Crippen LogP contribution < -0.4 is 4.74 Å². The molecule has 0 aliphatic rings. The Morgan fingerprint density at radius 3 is 1.52 bits per heavy atom. The van der Waals surface area contributed by atoms with Gasteiger partial charge >= 0.3 is 446 Å². The summed E-state index contributed by atoms with van der Waals surface area (Å²) in [6.45, 7) is 6.69. The molecule has 85 heavy (non-hydrogen) atoms. The average Bonchev–Trinajstić information content (AvgIpc) is 1.84. The van der Waals surface area contributed by atoms with Gasteiger partial charge in [0.05, 0.1) is 0 Å². The Balaban J connectivity index is 0.898. The van der Waals surface area contributed by atoms with E-state index in [4.69, 9.17) is 18.6 Å². The number of benzene rings is 11. The van der Waals surface area contributed by atoms with Gasteiger partial charge in [0.2, 0.25) is 0 Å². The first-order chi connectivity index (χ1) is 41.7. The van der Waals surface area contributed by atoms with Crippen molar-refractivity contribution < 1.29 is 32.9 Å². The molecular weight excluding hydrogens is 1230 g/mol. The maximum absolute atomic E-state index is 6.85. The zero-order valence-electron chi connectivity index (χ0n) is 46.4. The van der Waals surface area contributed by atoms with E-state index in [1.807, 2.05) is 48.7 Å². The fraction of sp³-hybridized carbons (Fsp3) is 0.0526. The Kier molecular flexibility index (Phi) is 11.0. The molecule has 0 fully saturated rings. The molecule has 0 aliphatic carbocycles. The minimum atomic E-state index is -0.0580. The minimum absolute atomic E-state index is 0.0580. The quantitative estimate of drug-likeness (QED) is 0.142. The molecule has 0 aliphatic heterocycles. The van der Waals surface area contributed by atoms with Gasteiger partial charge in [-0.3, -0.25) is 0 Å². The Bertz CT molecular complexity index is 5490. The third-order valence-corrected chi connectivity index (χ3v) is 17.9. The summed E-state index contributed by atoms with van der Waals surface area (Å²) in [7, 11) is 0. The van der Waals surface area contributed by atoms with E-state index in [1.165, 1.54) is 16.3 Å². The summed E-state index contributed by atoms with van der Waals surface area (Å²) in [4.78, 5) is 4.92. The van der Waals surface area contributed by atoms with Crippen LogP contribution in [0.2, 0.25) is 0 Å². The van der Waals surface area contributed by atoms with Gasteiger partial charge in [-0.2, -0.15) is 0 Å². The third kappa shape index (κ3) is 7.79. The first-order valence-corrected chi connectivity index (χ1v) is 29.6. The number of pyridine rings is 1. The molecule has 0 saturated carbocycles. The number of hydrogen-bond donors (Lipinski definition) is 0. The van der Waals surface area contributed by atoms with Crippen molar-refractivity contribution in [3.8, 4) is 56.6 Å². The summed E-state index contributed by atoms with van der Waals surface area (Å²) in [6, 6.07) is 91.2. The maximum atomic E-state index is 6.85. The molecule has 0 bridgehead atoms. The van der Waals surface area contributed by atoms with E-state index in [1.54, 1.807) is 0 Å². The molecule has 11 aromatic carbocycles. The Morgan fingerprint density at radius 2 is 0.918 bits per heavy atom. The van der Waals surface area contributed by atoms with E-state index in [-0.39, 0.29) is 5.41 Å². The number of fused-ring (bicyclic) bond motifs is 13. The molecule has 17 aromatic rings. The zero-order chi connectivity index (χ0) is 56.7. The molecule has 408 valence electrons. The van der Waals surface area contributed by atoms with Gasteiger partial charge in [0, 0.05) is 6.20 Å². The molecule has 6 heterocycles. The summed E-state index contributed by atoms with van der Waals surface area (Å²) < 4.78 is 30.1. The van der Waals surface area contributed by atoms with Gasteiger partial charge in [-0.05, 0) is 17.0 Å². The van der Waals surface area contributed by atoms with Crippen molar-refractivity contribution in [2.45, 2.75) is 26.2 Å². The molecular formula is C76H49N5O3Pt-2. The van der Waals surface area contributed by atoms with Crippen LogP contribution in [0.1, 0.15) is 26.3 Å². The van der Waals surface area contributed by atoms with Crippen molar-refractivity contribution in [3.63, 3.8) is 0 Å². The van der Waals surface area contributed by atoms with Gasteiger partial charge in [0.15, 0.2) is 0 Å². The fourth-order valence-corrected chi connectivity index (χ4v) is 14.0. The van der Waals surface area contributed by atoms with Crippen LogP contribution in [0.25, 0.3) is 144 Å². The van der Waals surface area contributed by atoms with Gasteiger partial charge in [-0.25, -0.2) is 0 Å². The summed E-state index contributed by atoms with van der Waals surface area (Å²) in [6.07, 6.45) is 1.90. The topological polar surface area (TPSA) is 68.1 Å². The SMILES string of the molecule is CC(C)(C)c1ccnc(-n2c3[c-]c(Oc4[c-]c(-n5[c](=[Pt])n(-c6c(-c7ccc8oc9ccccc9c8c7)cc(-n7c8ccccc8c8ccccc87)cc6-c6ccc7oc8ccccc8c7c6)c6ccccc65)ccc4)ccc3c3ccccc32)c1. The van der Waals surface area contributed by atoms with Gasteiger partial charge in [-0.1, -0.05) is 32.9 Å². The van der Waals surface area contributed by atoms with Gasteiger partial charge < -0.3 is 0 Å². The van der Waals surface area contributed by atoms with Crippen LogP contribution in [0.5, 0.6) is 11.5 Å². The van der Waals surface area contributed by atoms with E-state index >= 15 is 0 Å². The van der Waals surface area contributed by atoms with Crippen molar-refractivity contribution in [3.05, 3.63) is 264 Å². The Labute approximate surface area is 498 Å². The van der Waals surface area contributed by atoms with Crippen LogP contribution in [0.15, 0.2) is 252 Å². The number of hydrogen-bond acceptors (Lipinski definition) is 4. The van der Waals surface area contributed by atoms with Crippen LogP contribution >= 0.6 is 0 Å². The molecule has 6 aromatic heterocycles. The monoisotopic (exact) mass is 1270 g/mol. The molecule has 0 atom stereocenters. The van der Waals surface area contributed by atoms with Crippen LogP contribution in [0.4, 0.5) is 0 Å². The van der Waals surface area contributed by atoms with Crippen molar-refractivity contribution >= 4 is 98.5 Å². The summed E-state index contributed by atoms with van der Waals surface area (Å²) in [5.41, 5.74) is 17.7. The molecule has 8 nitrogen and oxygen atoms in total. The number of aromatic nitrogens is 5. The molecule has 0 N–H and O–H groups in total. The van der Waals surface area contributed by atoms with Crippen molar-refractivity contribution in [2.75, 3.05) is 0 Å². The van der Waals surface area contributed by atoms with E-state index in [9.17, 15) is 0 Å². The van der Waals surface area contributed by atoms with Gasteiger partial charge in [0.25, 0.3) is 0 Å². The van der Waals surface area contributed by atoms with Crippen LogP contribution in [-0.4, -0.2) is 23.3 Å². The number of para-hydroxylation sites is 7. The Hall–Kier alpha value is -10.3. The predicted molar refractivity (Wildman–Crippen MR) is 341 cm³/mol. The predicted octanol–water partition coefficient (Wildman–Crippen LogP) is 19.9. The van der Waals surface area contributed by atoms with Crippen LogP contribution in [-0.2, 0) is 24.8 Å². The second kappa shape index (κ2) is 18.9. The van der Waals surface area contributed by atoms with E-state index in [0.717, 1.165) is 137 Å². The molecule has 0 saturated heterocycles. The van der Waals surface area contributed by atoms with E-state index < -0.39 is 0 Å². The number of imidazole rings is 1. The van der Waals surface area contributed by atoms with E-state index in [0.29, 0.717) is 11.5 Å². The van der Waals surface area contributed by atoms with Gasteiger partial charge in [-0.15, -0.1) is 0 Å². The molecule has 0 spiro atoms. The number of furan rings is 2. The van der Waals surface area contributed by atoms with Gasteiger partial charge in [0.1, 0.15) is 0 Å². The fourth-order valence-electron chi connectivity index (χ4n) is 12.9. The number of nitrogens with zero attached hydrogens (tertiary/aromatic N) is 5. The molecule has 0 amide bonds. The van der Waals surface area contributed by atoms with Crippen LogP contribution in [0.3, 0.4) is 0 Å². The zero-order valence-corrected chi connectivity index (χ0v) is 48.6. The van der Waals surface area contributed by atoms with Crippen LogP contribution in [0, 0.1) is 15.9 Å². The normalized spacial score (nSPS) is 12.2. The Morgan fingerprint density at radius 1 is 0.412 bits per heavy atom. The van der Waals surface area contributed by atoms with Crippen molar-refractivity contribution in [1.82, 2.24) is 23.3 Å².